The molecule has 148 valence electrons. The lowest BCUT2D eigenvalue weighted by Gasteiger charge is -2.11. The number of amides is 3. The summed E-state index contributed by atoms with van der Waals surface area (Å²) in [5, 5.41) is 3.51. The van der Waals surface area contributed by atoms with E-state index in [0.29, 0.717) is 40.3 Å². The monoisotopic (exact) mass is 428 g/mol. The Kier molecular flexibility index (Phi) is 5.72. The van der Waals surface area contributed by atoms with E-state index in [1.54, 1.807) is 18.2 Å². The molecule has 0 atom stereocenters. The highest BCUT2D eigenvalue weighted by Gasteiger charge is 2.34. The number of benzene rings is 1. The number of carbonyl (C=O) groups excluding carboxylic acids is 3. The first-order chi connectivity index (χ1) is 14.1. The molecule has 3 heterocycles. The first-order valence-electron chi connectivity index (χ1n) is 8.79. The lowest BCUT2D eigenvalue weighted by molar-refractivity contribution is -0.122. The summed E-state index contributed by atoms with van der Waals surface area (Å²) in [6.45, 7) is 0.666. The maximum absolute atomic E-state index is 12.4. The molecule has 4 rings (SSSR count). The van der Waals surface area contributed by atoms with Crippen LogP contribution in [0.25, 0.3) is 17.1 Å². The van der Waals surface area contributed by atoms with Crippen molar-refractivity contribution in [3.05, 3.63) is 47.1 Å². The van der Waals surface area contributed by atoms with Gasteiger partial charge in [0.15, 0.2) is 10.2 Å². The first-order valence-corrected chi connectivity index (χ1v) is 10.4. The minimum absolute atomic E-state index is 0.258. The summed E-state index contributed by atoms with van der Waals surface area (Å²) in [5.41, 5.74) is 1.82. The Balaban J connectivity index is 1.42. The molecule has 8 nitrogen and oxygen atoms in total. The van der Waals surface area contributed by atoms with E-state index in [9.17, 15) is 14.4 Å². The number of furan rings is 1. The highest BCUT2D eigenvalue weighted by atomic mass is 32.2. The Hall–Kier alpha value is -2.98. The van der Waals surface area contributed by atoms with E-state index in [1.165, 1.54) is 16.7 Å². The van der Waals surface area contributed by atoms with Crippen LogP contribution in [0.4, 0.5) is 4.79 Å². The number of nitrogens with one attached hydrogen (secondary N) is 2. The topological polar surface area (TPSA) is 108 Å². The third-order valence-electron chi connectivity index (χ3n) is 4.10. The first kappa shape index (κ1) is 19.3. The summed E-state index contributed by atoms with van der Waals surface area (Å²) in [7, 11) is 0. The number of imidazole rings is 1. The molecule has 3 aromatic rings. The predicted octanol–water partition coefficient (Wildman–Crippen LogP) is 3.48. The SMILES string of the molecule is O=CNCCCN1C(=O)S/C(=C\c2ccc(Sc3nc4ccccc4[nH]3)o2)C1=O. The van der Waals surface area contributed by atoms with Crippen molar-refractivity contribution >= 4 is 58.2 Å². The van der Waals surface area contributed by atoms with Crippen LogP contribution in [0.1, 0.15) is 12.2 Å². The largest absolute Gasteiger partial charge is 0.450 e. The van der Waals surface area contributed by atoms with E-state index in [4.69, 9.17) is 4.42 Å². The zero-order valence-corrected chi connectivity index (χ0v) is 16.7. The minimum Gasteiger partial charge on any atom is -0.450 e. The summed E-state index contributed by atoms with van der Waals surface area (Å²) in [6, 6.07) is 11.3. The van der Waals surface area contributed by atoms with Crippen molar-refractivity contribution in [2.45, 2.75) is 16.7 Å². The molecule has 2 aromatic heterocycles. The van der Waals surface area contributed by atoms with Gasteiger partial charge in [-0.05, 0) is 54.2 Å². The van der Waals surface area contributed by atoms with E-state index in [0.717, 1.165) is 22.8 Å². The molecule has 0 radical (unpaired) electrons. The van der Waals surface area contributed by atoms with Crippen LogP contribution in [0.15, 0.2) is 56.0 Å². The number of para-hydroxylation sites is 2. The van der Waals surface area contributed by atoms with Crippen LogP contribution >= 0.6 is 23.5 Å². The van der Waals surface area contributed by atoms with E-state index < -0.39 is 0 Å². The lowest BCUT2D eigenvalue weighted by Crippen LogP contribution is -2.31. The van der Waals surface area contributed by atoms with E-state index in [-0.39, 0.29) is 17.7 Å². The molecule has 0 bridgehead atoms. The van der Waals surface area contributed by atoms with Gasteiger partial charge in [-0.15, -0.1) is 0 Å². The fourth-order valence-electron chi connectivity index (χ4n) is 2.76. The van der Waals surface area contributed by atoms with Crippen molar-refractivity contribution in [2.24, 2.45) is 0 Å². The summed E-state index contributed by atoms with van der Waals surface area (Å²) >= 11 is 2.22. The van der Waals surface area contributed by atoms with Crippen molar-refractivity contribution in [1.29, 1.82) is 0 Å². The predicted molar refractivity (Wildman–Crippen MR) is 110 cm³/mol. The summed E-state index contributed by atoms with van der Waals surface area (Å²) in [4.78, 5) is 44.0. The Labute approximate surface area is 174 Å². The molecule has 1 aromatic carbocycles. The van der Waals surface area contributed by atoms with E-state index in [1.807, 2.05) is 24.3 Å². The second kappa shape index (κ2) is 8.58. The van der Waals surface area contributed by atoms with Gasteiger partial charge in [-0.2, -0.15) is 0 Å². The molecule has 1 aliphatic heterocycles. The molecule has 29 heavy (non-hydrogen) atoms. The normalized spacial score (nSPS) is 15.6. The number of nitrogens with zero attached hydrogens (tertiary/aromatic N) is 2. The zero-order chi connectivity index (χ0) is 20.2. The number of hydrogen-bond donors (Lipinski definition) is 2. The van der Waals surface area contributed by atoms with Crippen molar-refractivity contribution in [3.63, 3.8) is 0 Å². The van der Waals surface area contributed by atoms with Gasteiger partial charge in [-0.3, -0.25) is 19.3 Å². The number of hydrogen-bond acceptors (Lipinski definition) is 7. The Morgan fingerprint density at radius 2 is 2.10 bits per heavy atom. The van der Waals surface area contributed by atoms with Crippen molar-refractivity contribution in [2.75, 3.05) is 13.1 Å². The van der Waals surface area contributed by atoms with Gasteiger partial charge >= 0.3 is 0 Å². The van der Waals surface area contributed by atoms with Crippen LogP contribution in [0, 0.1) is 0 Å². The van der Waals surface area contributed by atoms with Gasteiger partial charge in [0, 0.05) is 19.2 Å². The van der Waals surface area contributed by atoms with Gasteiger partial charge in [0.05, 0.1) is 15.9 Å². The van der Waals surface area contributed by atoms with Crippen molar-refractivity contribution < 1.29 is 18.8 Å². The van der Waals surface area contributed by atoms with Crippen LogP contribution in [-0.4, -0.2) is 45.5 Å². The standard InChI is InChI=1S/C19H16N4O4S2/c24-11-20-8-3-9-23-17(25)15(28-19(23)26)10-12-6-7-16(27-12)29-18-21-13-4-1-2-5-14(13)22-18/h1-2,4-7,10-11H,3,8-9H2,(H,20,24)(H,21,22)/b15-10-. The fraction of sp³-hybridized carbons (Fsp3) is 0.158. The maximum atomic E-state index is 12.4. The number of H-pyrrole nitrogens is 1. The van der Waals surface area contributed by atoms with Crippen LogP contribution in [0.2, 0.25) is 0 Å². The maximum Gasteiger partial charge on any atom is 0.293 e. The smallest absolute Gasteiger partial charge is 0.293 e. The molecule has 0 saturated carbocycles. The molecule has 0 spiro atoms. The molecule has 0 unspecified atom stereocenters. The molecular weight excluding hydrogens is 412 g/mol. The molecule has 0 aliphatic carbocycles. The number of carbonyl (C=O) groups is 3. The summed E-state index contributed by atoms with van der Waals surface area (Å²) in [5.74, 6) is 0.130. The second-order valence-electron chi connectivity index (χ2n) is 6.08. The van der Waals surface area contributed by atoms with Gasteiger partial charge < -0.3 is 14.7 Å². The van der Waals surface area contributed by atoms with Gasteiger partial charge in [-0.25, -0.2) is 4.98 Å². The highest BCUT2D eigenvalue weighted by molar-refractivity contribution is 8.18. The van der Waals surface area contributed by atoms with Gasteiger partial charge in [-0.1, -0.05) is 12.1 Å². The summed E-state index contributed by atoms with van der Waals surface area (Å²) < 4.78 is 5.76. The number of rotatable bonds is 8. The second-order valence-corrected chi connectivity index (χ2v) is 8.06. The Morgan fingerprint density at radius 1 is 1.24 bits per heavy atom. The summed E-state index contributed by atoms with van der Waals surface area (Å²) in [6.07, 6.45) is 2.66. The number of thioether (sulfide) groups is 1. The van der Waals surface area contributed by atoms with Crippen LogP contribution in [0.5, 0.6) is 0 Å². The third-order valence-corrected chi connectivity index (χ3v) is 5.81. The minimum atomic E-state index is -0.353. The quantitative estimate of drug-likeness (QED) is 0.321. The average Bonchev–Trinajstić information content (AvgIpc) is 3.39. The lowest BCUT2D eigenvalue weighted by atomic mass is 10.3. The van der Waals surface area contributed by atoms with Crippen molar-refractivity contribution in [3.8, 4) is 0 Å². The van der Waals surface area contributed by atoms with Crippen LogP contribution < -0.4 is 5.32 Å². The molecule has 1 aliphatic rings. The zero-order valence-electron chi connectivity index (χ0n) is 15.1. The Morgan fingerprint density at radius 3 is 2.93 bits per heavy atom. The van der Waals surface area contributed by atoms with Crippen LogP contribution in [0.3, 0.4) is 0 Å². The average molecular weight is 428 g/mol. The molecule has 10 heteroatoms. The number of fused-ring (bicyclic) bond motifs is 1. The molecule has 1 fully saturated rings. The highest BCUT2D eigenvalue weighted by Crippen LogP contribution is 2.34. The molecule has 2 N–H and O–H groups in total. The number of aromatic nitrogens is 2. The Bertz CT molecular complexity index is 1070. The molecule has 3 amide bonds. The van der Waals surface area contributed by atoms with Gasteiger partial charge in [0.25, 0.3) is 11.1 Å². The fourth-order valence-corrected chi connectivity index (χ4v) is 4.37. The van der Waals surface area contributed by atoms with E-state index in [2.05, 4.69) is 15.3 Å². The number of aromatic amines is 1. The molecule has 1 saturated heterocycles. The van der Waals surface area contributed by atoms with Gasteiger partial charge in [0.2, 0.25) is 6.41 Å². The third kappa shape index (κ3) is 4.38. The van der Waals surface area contributed by atoms with Gasteiger partial charge in [0.1, 0.15) is 5.76 Å². The van der Waals surface area contributed by atoms with E-state index >= 15 is 0 Å². The molecular formula is C19H16N4O4S2. The van der Waals surface area contributed by atoms with Crippen molar-refractivity contribution in [1.82, 2.24) is 20.2 Å². The van der Waals surface area contributed by atoms with Crippen LogP contribution in [-0.2, 0) is 9.59 Å². The number of imide groups is 1.